The SMILES string of the molecule is CCCCCCCCCCCCCC(=O)OC[C@H](COP(=O)(O)OC[C@H](O)COP(=O)(O)OC[C@@H](COC(=O)CCCCCCCCCCC(C)C)OC(=O)CCCCCCCCCCCCCCCCCCCCC(C)C)OC(=O)CCCCCCCCCCC(C)C. The van der Waals surface area contributed by atoms with Crippen molar-refractivity contribution in [3.8, 4) is 0 Å². The molecular weight excluding hydrogens is 1230 g/mol. The smallest absolute Gasteiger partial charge is 0.462 e. The second-order valence-corrected chi connectivity index (χ2v) is 31.4. The third kappa shape index (κ3) is 68.6. The minimum atomic E-state index is -4.96. The molecule has 0 aliphatic rings. The summed E-state index contributed by atoms with van der Waals surface area (Å²) < 4.78 is 68.4. The van der Waals surface area contributed by atoms with E-state index >= 15 is 0 Å². The quantitative estimate of drug-likeness (QED) is 0.0222. The Kier molecular flexibility index (Phi) is 64.3. The molecule has 0 saturated heterocycles. The first-order chi connectivity index (χ1) is 45.2. The van der Waals surface area contributed by atoms with E-state index in [0.29, 0.717) is 25.7 Å². The number of phosphoric acid groups is 2. The molecule has 0 saturated carbocycles. The number of unbranched alkanes of at least 4 members (excludes halogenated alkanes) is 41. The third-order valence-electron chi connectivity index (χ3n) is 17.4. The molecule has 0 heterocycles. The summed E-state index contributed by atoms with van der Waals surface area (Å²) in [6.45, 7) is 11.8. The van der Waals surface area contributed by atoms with E-state index in [9.17, 15) is 43.2 Å². The van der Waals surface area contributed by atoms with Crippen LogP contribution in [0.15, 0.2) is 0 Å². The fourth-order valence-electron chi connectivity index (χ4n) is 11.4. The van der Waals surface area contributed by atoms with Crippen molar-refractivity contribution in [1.29, 1.82) is 0 Å². The highest BCUT2D eigenvalue weighted by Crippen LogP contribution is 2.45. The summed E-state index contributed by atoms with van der Waals surface area (Å²) in [5.41, 5.74) is 0. The van der Waals surface area contributed by atoms with Gasteiger partial charge in [-0.05, 0) is 43.4 Å². The van der Waals surface area contributed by atoms with Crippen LogP contribution in [0.5, 0.6) is 0 Å². The van der Waals surface area contributed by atoms with Crippen LogP contribution in [-0.2, 0) is 65.4 Å². The number of hydrogen-bond donors (Lipinski definition) is 3. The Morgan fingerprint density at radius 1 is 0.287 bits per heavy atom. The van der Waals surface area contributed by atoms with Crippen molar-refractivity contribution >= 4 is 39.5 Å². The maximum Gasteiger partial charge on any atom is 0.472 e. The maximum absolute atomic E-state index is 13.1. The molecule has 0 aromatic carbocycles. The van der Waals surface area contributed by atoms with Crippen molar-refractivity contribution in [3.63, 3.8) is 0 Å². The van der Waals surface area contributed by atoms with Crippen molar-refractivity contribution in [2.24, 2.45) is 17.8 Å². The Bertz CT molecular complexity index is 1840. The number of carbonyl (C=O) groups is 4. The van der Waals surface area contributed by atoms with Crippen molar-refractivity contribution in [2.75, 3.05) is 39.6 Å². The van der Waals surface area contributed by atoms with E-state index in [1.54, 1.807) is 0 Å². The van der Waals surface area contributed by atoms with Gasteiger partial charge in [-0.15, -0.1) is 0 Å². The second-order valence-electron chi connectivity index (χ2n) is 28.5. The number of esters is 4. The number of aliphatic hydroxyl groups is 1. The minimum Gasteiger partial charge on any atom is -0.462 e. The number of rotatable bonds is 73. The van der Waals surface area contributed by atoms with Crippen LogP contribution >= 0.6 is 15.6 Å². The number of hydrogen-bond acceptors (Lipinski definition) is 15. The summed E-state index contributed by atoms with van der Waals surface area (Å²) in [4.78, 5) is 72.7. The Balaban J connectivity index is 5.18. The van der Waals surface area contributed by atoms with Crippen molar-refractivity contribution in [3.05, 3.63) is 0 Å². The molecule has 0 amide bonds. The monoisotopic (exact) mass is 1380 g/mol. The lowest BCUT2D eigenvalue weighted by atomic mass is 10.0. The molecule has 19 heteroatoms. The molecule has 558 valence electrons. The van der Waals surface area contributed by atoms with Gasteiger partial charge in [0.1, 0.15) is 19.3 Å². The van der Waals surface area contributed by atoms with Gasteiger partial charge in [-0.2, -0.15) is 0 Å². The summed E-state index contributed by atoms with van der Waals surface area (Å²) in [7, 11) is -9.91. The van der Waals surface area contributed by atoms with Crippen LogP contribution in [0.1, 0.15) is 382 Å². The Morgan fingerprint density at radius 3 is 0.723 bits per heavy atom. The summed E-state index contributed by atoms with van der Waals surface area (Å²) in [6, 6.07) is 0. The fraction of sp³-hybridized carbons (Fsp3) is 0.947. The molecule has 0 aromatic heterocycles. The van der Waals surface area contributed by atoms with Gasteiger partial charge >= 0.3 is 39.5 Å². The van der Waals surface area contributed by atoms with Crippen LogP contribution in [0.3, 0.4) is 0 Å². The molecule has 3 N–H and O–H groups in total. The van der Waals surface area contributed by atoms with Gasteiger partial charge < -0.3 is 33.8 Å². The van der Waals surface area contributed by atoms with Gasteiger partial charge in [-0.3, -0.25) is 37.3 Å². The first-order valence-electron chi connectivity index (χ1n) is 38.8. The molecule has 0 fully saturated rings. The van der Waals surface area contributed by atoms with E-state index in [0.717, 1.165) is 108 Å². The molecular formula is C75H146O17P2. The highest BCUT2D eigenvalue weighted by molar-refractivity contribution is 7.47. The lowest BCUT2D eigenvalue weighted by Crippen LogP contribution is -2.30. The fourth-order valence-corrected chi connectivity index (χ4v) is 13.0. The van der Waals surface area contributed by atoms with Gasteiger partial charge in [0, 0.05) is 25.7 Å². The minimum absolute atomic E-state index is 0.105. The molecule has 17 nitrogen and oxygen atoms in total. The van der Waals surface area contributed by atoms with Crippen LogP contribution in [0.4, 0.5) is 0 Å². The predicted octanol–water partition coefficient (Wildman–Crippen LogP) is 21.8. The average molecular weight is 1380 g/mol. The van der Waals surface area contributed by atoms with Crippen LogP contribution < -0.4 is 0 Å². The van der Waals surface area contributed by atoms with Gasteiger partial charge in [-0.25, -0.2) is 9.13 Å². The van der Waals surface area contributed by atoms with Crippen LogP contribution in [0.25, 0.3) is 0 Å². The zero-order valence-electron chi connectivity index (χ0n) is 61.4. The molecule has 5 atom stereocenters. The summed E-state index contributed by atoms with van der Waals surface area (Å²) >= 11 is 0. The zero-order chi connectivity index (χ0) is 69.4. The zero-order valence-corrected chi connectivity index (χ0v) is 63.2. The first-order valence-corrected chi connectivity index (χ1v) is 41.8. The van der Waals surface area contributed by atoms with E-state index in [-0.39, 0.29) is 25.7 Å². The van der Waals surface area contributed by atoms with Crippen molar-refractivity contribution in [2.45, 2.75) is 401 Å². The summed E-state index contributed by atoms with van der Waals surface area (Å²) in [5.74, 6) is 0.143. The lowest BCUT2D eigenvalue weighted by Gasteiger charge is -2.21. The molecule has 0 radical (unpaired) electrons. The average Bonchev–Trinajstić information content (AvgIpc) is 2.02. The van der Waals surface area contributed by atoms with E-state index < -0.39 is 97.5 Å². The summed E-state index contributed by atoms with van der Waals surface area (Å²) in [6.07, 6.45) is 51.5. The Morgan fingerprint density at radius 2 is 0.489 bits per heavy atom. The number of aliphatic hydroxyl groups excluding tert-OH is 1. The topological polar surface area (TPSA) is 237 Å². The number of ether oxygens (including phenoxy) is 4. The molecule has 0 rings (SSSR count). The molecule has 0 spiro atoms. The van der Waals surface area contributed by atoms with E-state index in [1.807, 2.05) is 0 Å². The largest absolute Gasteiger partial charge is 0.472 e. The maximum atomic E-state index is 13.1. The van der Waals surface area contributed by atoms with Gasteiger partial charge in [0.15, 0.2) is 12.2 Å². The van der Waals surface area contributed by atoms with E-state index in [2.05, 4.69) is 48.5 Å². The first kappa shape index (κ1) is 92.1. The van der Waals surface area contributed by atoms with E-state index in [4.69, 9.17) is 37.0 Å². The lowest BCUT2D eigenvalue weighted by molar-refractivity contribution is -0.161. The molecule has 2 unspecified atom stereocenters. The predicted molar refractivity (Wildman–Crippen MR) is 381 cm³/mol. The van der Waals surface area contributed by atoms with Crippen LogP contribution in [-0.4, -0.2) is 96.7 Å². The number of carbonyl (C=O) groups excluding carboxylic acids is 4. The molecule has 94 heavy (non-hydrogen) atoms. The van der Waals surface area contributed by atoms with Crippen LogP contribution in [0.2, 0.25) is 0 Å². The number of phosphoric ester groups is 2. The Labute approximate surface area is 575 Å². The second kappa shape index (κ2) is 65.7. The van der Waals surface area contributed by atoms with Gasteiger partial charge in [0.25, 0.3) is 0 Å². The van der Waals surface area contributed by atoms with Gasteiger partial charge in [-0.1, -0.05) is 331 Å². The van der Waals surface area contributed by atoms with Crippen molar-refractivity contribution in [1.82, 2.24) is 0 Å². The highest BCUT2D eigenvalue weighted by Gasteiger charge is 2.30. The Hall–Kier alpha value is -1.94. The molecule has 0 aliphatic heterocycles. The highest BCUT2D eigenvalue weighted by atomic mass is 31.2. The van der Waals surface area contributed by atoms with Crippen LogP contribution in [0, 0.1) is 17.8 Å². The van der Waals surface area contributed by atoms with E-state index in [1.165, 1.54) is 193 Å². The molecule has 0 aliphatic carbocycles. The molecule has 0 bridgehead atoms. The van der Waals surface area contributed by atoms with Gasteiger partial charge in [0.05, 0.1) is 26.4 Å². The summed E-state index contributed by atoms with van der Waals surface area (Å²) in [5, 5.41) is 10.6. The standard InChI is InChI=1S/C75H146O17P2/c1-8-9-10-11-12-13-22-26-35-42-49-56-72(77)85-62-71(92-75(80)59-52-45-38-31-29-34-41-48-55-68(6)7)65-90-94(83,84)88-61-69(76)60-87-93(81,82)89-64-70(63-86-73(78)57-50-43-36-30-28-33-40-47-54-67(4)5)91-74(79)58-51-44-37-27-24-21-19-17-15-14-16-18-20-23-25-32-39-46-53-66(2)3/h66-71,76H,8-65H2,1-7H3,(H,81,82)(H,83,84)/t69-,70-,71-/m1/s1. The van der Waals surface area contributed by atoms with Crippen molar-refractivity contribution < 1.29 is 80.2 Å². The molecule has 0 aromatic rings. The normalized spacial score (nSPS) is 14.1. The van der Waals surface area contributed by atoms with Gasteiger partial charge in [0.2, 0.25) is 0 Å². The third-order valence-corrected chi connectivity index (χ3v) is 19.3.